The first-order valence-electron chi connectivity index (χ1n) is 10.0. The molecule has 29 heavy (non-hydrogen) atoms. The van der Waals surface area contributed by atoms with Gasteiger partial charge in [0.05, 0.1) is 17.8 Å². The molecule has 0 spiro atoms. The van der Waals surface area contributed by atoms with Crippen LogP contribution in [0.2, 0.25) is 0 Å². The van der Waals surface area contributed by atoms with Crippen LogP contribution in [0.5, 0.6) is 0 Å². The van der Waals surface area contributed by atoms with Crippen LogP contribution >= 0.6 is 0 Å². The third-order valence-corrected chi connectivity index (χ3v) is 4.30. The van der Waals surface area contributed by atoms with E-state index in [9.17, 15) is 9.59 Å². The third kappa shape index (κ3) is 7.98. The number of ether oxygens (including phenoxy) is 2. The summed E-state index contributed by atoms with van der Waals surface area (Å²) >= 11 is 0. The van der Waals surface area contributed by atoms with Crippen molar-refractivity contribution < 1.29 is 19.1 Å². The lowest BCUT2D eigenvalue weighted by Gasteiger charge is -2.37. The smallest absolute Gasteiger partial charge is 0.413 e. The fraction of sp³-hybridized carbons (Fsp3) is 0.667. The average molecular weight is 407 g/mol. The Bertz CT molecular complexity index is 724. The number of esters is 1. The summed E-state index contributed by atoms with van der Waals surface area (Å²) in [6.07, 6.45) is 0.436. The van der Waals surface area contributed by atoms with Gasteiger partial charge in [0.1, 0.15) is 17.0 Å². The van der Waals surface area contributed by atoms with Crippen molar-refractivity contribution in [3.8, 4) is 0 Å². The van der Waals surface area contributed by atoms with Gasteiger partial charge in [-0.25, -0.2) is 9.78 Å². The van der Waals surface area contributed by atoms with Crippen molar-refractivity contribution in [2.75, 3.05) is 11.9 Å². The van der Waals surface area contributed by atoms with E-state index in [0.29, 0.717) is 31.7 Å². The number of nitrogens with one attached hydrogen (secondary N) is 1. The molecule has 1 aliphatic heterocycles. The number of likely N-dealkylation sites (tertiary alicyclic amines) is 1. The largest absolute Gasteiger partial charge is 0.460 e. The molecule has 0 aromatic carbocycles. The Hall–Kier alpha value is -2.19. The van der Waals surface area contributed by atoms with Crippen LogP contribution in [-0.2, 0) is 20.8 Å². The van der Waals surface area contributed by atoms with Gasteiger partial charge in [-0.15, -0.1) is 0 Å². The summed E-state index contributed by atoms with van der Waals surface area (Å²) < 4.78 is 10.7. The molecule has 3 N–H and O–H groups in total. The molecule has 2 unspecified atom stereocenters. The Labute approximate surface area is 173 Å². The summed E-state index contributed by atoms with van der Waals surface area (Å²) in [5.74, 6) is 0.0526. The van der Waals surface area contributed by atoms with Gasteiger partial charge in [-0.2, -0.15) is 0 Å². The number of hydrogen-bond donors (Lipinski definition) is 2. The molecule has 0 bridgehead atoms. The summed E-state index contributed by atoms with van der Waals surface area (Å²) in [6.45, 7) is 12.2. The number of aromatic nitrogens is 1. The van der Waals surface area contributed by atoms with Gasteiger partial charge in [0, 0.05) is 13.1 Å². The Kier molecular flexibility index (Phi) is 7.24. The summed E-state index contributed by atoms with van der Waals surface area (Å²) in [7, 11) is 0. The van der Waals surface area contributed by atoms with Gasteiger partial charge in [0.15, 0.2) is 0 Å². The van der Waals surface area contributed by atoms with E-state index in [0.717, 1.165) is 5.69 Å². The van der Waals surface area contributed by atoms with Crippen molar-refractivity contribution >= 4 is 17.9 Å². The van der Waals surface area contributed by atoms with Crippen LogP contribution in [0, 0.1) is 5.92 Å². The van der Waals surface area contributed by atoms with Crippen LogP contribution < -0.4 is 11.1 Å². The maximum Gasteiger partial charge on any atom is 0.413 e. The number of amides is 1. The lowest BCUT2D eigenvalue weighted by molar-refractivity contribution is -0.162. The number of nitrogens with zero attached hydrogens (tertiary/aromatic N) is 2. The second kappa shape index (κ2) is 9.09. The minimum atomic E-state index is -0.576. The van der Waals surface area contributed by atoms with E-state index in [-0.39, 0.29) is 18.1 Å². The molecule has 0 radical (unpaired) electrons. The summed E-state index contributed by atoms with van der Waals surface area (Å²) in [5, 5.41) is 2.65. The number of nitrogens with two attached hydrogens (primary N) is 1. The first-order chi connectivity index (χ1) is 13.3. The van der Waals surface area contributed by atoms with E-state index in [4.69, 9.17) is 15.2 Å². The SMILES string of the molecule is CC(C)(C)OC(=O)Nc1cccc(CN2CCC(C(=O)OC(C)(C)C)CC2N)n1. The van der Waals surface area contributed by atoms with E-state index in [1.165, 1.54) is 0 Å². The van der Waals surface area contributed by atoms with Crippen molar-refractivity contribution in [3.05, 3.63) is 23.9 Å². The zero-order valence-electron chi connectivity index (χ0n) is 18.3. The maximum absolute atomic E-state index is 12.3. The number of rotatable bonds is 4. The van der Waals surface area contributed by atoms with Crippen LogP contribution in [0.1, 0.15) is 60.1 Å². The van der Waals surface area contributed by atoms with Crippen LogP contribution in [0.25, 0.3) is 0 Å². The van der Waals surface area contributed by atoms with Gasteiger partial charge < -0.3 is 15.2 Å². The lowest BCUT2D eigenvalue weighted by Crippen LogP contribution is -2.49. The zero-order valence-corrected chi connectivity index (χ0v) is 18.3. The maximum atomic E-state index is 12.3. The number of pyridine rings is 1. The first-order valence-corrected chi connectivity index (χ1v) is 10.0. The molecule has 1 aromatic rings. The highest BCUT2D eigenvalue weighted by Gasteiger charge is 2.33. The van der Waals surface area contributed by atoms with E-state index < -0.39 is 17.3 Å². The molecule has 162 valence electrons. The summed E-state index contributed by atoms with van der Waals surface area (Å²) in [5.41, 5.74) is 6.02. The van der Waals surface area contributed by atoms with Crippen LogP contribution in [0.15, 0.2) is 18.2 Å². The fourth-order valence-corrected chi connectivity index (χ4v) is 3.09. The highest BCUT2D eigenvalue weighted by atomic mass is 16.6. The Morgan fingerprint density at radius 2 is 1.83 bits per heavy atom. The zero-order chi connectivity index (χ0) is 21.8. The minimum Gasteiger partial charge on any atom is -0.460 e. The molecule has 2 heterocycles. The van der Waals surface area contributed by atoms with Crippen molar-refractivity contribution in [1.82, 2.24) is 9.88 Å². The van der Waals surface area contributed by atoms with Crippen molar-refractivity contribution in [2.45, 2.75) is 78.3 Å². The Balaban J connectivity index is 1.92. The molecule has 1 amide bonds. The summed E-state index contributed by atoms with van der Waals surface area (Å²) in [6, 6.07) is 5.42. The molecule has 2 atom stereocenters. The lowest BCUT2D eigenvalue weighted by atomic mass is 9.94. The van der Waals surface area contributed by atoms with Crippen molar-refractivity contribution in [3.63, 3.8) is 0 Å². The predicted octanol–water partition coefficient (Wildman–Crippen LogP) is 3.27. The topological polar surface area (TPSA) is 107 Å². The standard InChI is InChI=1S/C21H34N4O4/c1-20(2,3)28-18(26)14-10-11-25(16(22)12-14)13-15-8-7-9-17(23-15)24-19(27)29-21(4,5)6/h7-9,14,16H,10-13,22H2,1-6H3,(H,23,24,27). The number of carbonyl (C=O) groups is 2. The average Bonchev–Trinajstić information content (AvgIpc) is 2.53. The molecule has 1 aromatic heterocycles. The second-order valence-electron chi connectivity index (χ2n) is 9.43. The summed E-state index contributed by atoms with van der Waals surface area (Å²) in [4.78, 5) is 30.8. The monoisotopic (exact) mass is 406 g/mol. The van der Waals surface area contributed by atoms with Crippen molar-refractivity contribution in [1.29, 1.82) is 0 Å². The molecule has 0 saturated carbocycles. The minimum absolute atomic E-state index is 0.186. The third-order valence-electron chi connectivity index (χ3n) is 4.30. The predicted molar refractivity (Wildman–Crippen MR) is 111 cm³/mol. The molecule has 2 rings (SSSR count). The molecule has 8 nitrogen and oxygen atoms in total. The van der Waals surface area contributed by atoms with Crippen LogP contribution in [0.3, 0.4) is 0 Å². The van der Waals surface area contributed by atoms with Gasteiger partial charge >= 0.3 is 12.1 Å². The fourth-order valence-electron chi connectivity index (χ4n) is 3.09. The number of hydrogen-bond acceptors (Lipinski definition) is 7. The quantitative estimate of drug-likeness (QED) is 0.739. The molecular weight excluding hydrogens is 372 g/mol. The Morgan fingerprint density at radius 1 is 1.17 bits per heavy atom. The van der Waals surface area contributed by atoms with Crippen LogP contribution in [0.4, 0.5) is 10.6 Å². The van der Waals surface area contributed by atoms with Gasteiger partial charge in [-0.1, -0.05) is 6.07 Å². The van der Waals surface area contributed by atoms with Crippen molar-refractivity contribution in [2.24, 2.45) is 11.7 Å². The van der Waals surface area contributed by atoms with Gasteiger partial charge in [-0.05, 0) is 66.5 Å². The van der Waals surface area contributed by atoms with Gasteiger partial charge in [-0.3, -0.25) is 15.0 Å². The number of carbonyl (C=O) groups excluding carboxylic acids is 2. The van der Waals surface area contributed by atoms with Gasteiger partial charge in [0.2, 0.25) is 0 Å². The Morgan fingerprint density at radius 3 is 2.41 bits per heavy atom. The molecule has 0 aliphatic carbocycles. The first kappa shape index (κ1) is 23.1. The van der Waals surface area contributed by atoms with Crippen LogP contribution in [-0.4, -0.2) is 45.9 Å². The number of anilines is 1. The molecular formula is C21H34N4O4. The van der Waals surface area contributed by atoms with E-state index in [1.807, 2.05) is 32.9 Å². The van der Waals surface area contributed by atoms with E-state index >= 15 is 0 Å². The molecule has 1 saturated heterocycles. The van der Waals surface area contributed by atoms with E-state index in [1.54, 1.807) is 26.8 Å². The highest BCUT2D eigenvalue weighted by Crippen LogP contribution is 2.25. The van der Waals surface area contributed by atoms with E-state index in [2.05, 4.69) is 15.2 Å². The van der Waals surface area contributed by atoms with Gasteiger partial charge in [0.25, 0.3) is 0 Å². The molecule has 1 fully saturated rings. The molecule has 1 aliphatic rings. The number of piperidine rings is 1. The molecule has 8 heteroatoms. The second-order valence-corrected chi connectivity index (χ2v) is 9.43. The highest BCUT2D eigenvalue weighted by molar-refractivity contribution is 5.83. The normalized spacial score (nSPS) is 20.8.